The molecule has 5 heteroatoms. The molecule has 1 aromatic carbocycles. The molecule has 1 aliphatic rings. The van der Waals surface area contributed by atoms with Crippen LogP contribution in [0.2, 0.25) is 0 Å². The van der Waals surface area contributed by atoms with Gasteiger partial charge in [-0.05, 0) is 25.0 Å². The molecule has 16 heavy (non-hydrogen) atoms. The Bertz CT molecular complexity index is 634. The Balaban J connectivity index is 2.38. The lowest BCUT2D eigenvalue weighted by molar-refractivity contribution is 0.631. The van der Waals surface area contributed by atoms with Crippen molar-refractivity contribution in [3.05, 3.63) is 39.1 Å². The van der Waals surface area contributed by atoms with Gasteiger partial charge in [0.05, 0.1) is 11.7 Å². The minimum absolute atomic E-state index is 0.144. The largest absolute Gasteiger partial charge is 0.296 e. The highest BCUT2D eigenvalue weighted by Crippen LogP contribution is 2.33. The van der Waals surface area contributed by atoms with Crippen molar-refractivity contribution in [3.8, 4) is 0 Å². The van der Waals surface area contributed by atoms with Crippen molar-refractivity contribution in [2.24, 2.45) is 0 Å². The summed E-state index contributed by atoms with van der Waals surface area (Å²) >= 11 is 3.18. The lowest BCUT2D eigenvalue weighted by Gasteiger charge is -2.05. The molecule has 0 saturated heterocycles. The van der Waals surface area contributed by atoms with Gasteiger partial charge in [0.15, 0.2) is 5.82 Å². The first-order chi connectivity index (χ1) is 7.66. The summed E-state index contributed by atoms with van der Waals surface area (Å²) in [4.78, 5) is 16.1. The van der Waals surface area contributed by atoms with Gasteiger partial charge in [-0.3, -0.25) is 9.36 Å². The summed E-state index contributed by atoms with van der Waals surface area (Å²) in [6.07, 6.45) is 3.45. The molecule has 1 fully saturated rings. The van der Waals surface area contributed by atoms with Gasteiger partial charge in [0.1, 0.15) is 5.52 Å². The zero-order valence-corrected chi connectivity index (χ0v) is 9.87. The summed E-state index contributed by atoms with van der Waals surface area (Å²) in [6, 6.07) is 3.19. The van der Waals surface area contributed by atoms with Gasteiger partial charge in [0.2, 0.25) is 0 Å². The second kappa shape index (κ2) is 3.38. The Kier molecular flexibility index (Phi) is 2.10. The Labute approximate surface area is 99.0 Å². The van der Waals surface area contributed by atoms with Gasteiger partial charge < -0.3 is 0 Å². The fraction of sp³-hybridized carbons (Fsp3) is 0.273. The molecule has 3 rings (SSSR count). The summed E-state index contributed by atoms with van der Waals surface area (Å²) in [5.41, 5.74) is -0.0159. The number of rotatable bonds is 1. The van der Waals surface area contributed by atoms with Crippen molar-refractivity contribution in [1.29, 1.82) is 0 Å². The highest BCUT2D eigenvalue weighted by atomic mass is 79.9. The predicted molar refractivity (Wildman–Crippen MR) is 61.9 cm³/mol. The molecule has 0 unspecified atom stereocenters. The summed E-state index contributed by atoms with van der Waals surface area (Å²) in [6.45, 7) is 0. The molecule has 0 atom stereocenters. The summed E-state index contributed by atoms with van der Waals surface area (Å²) in [7, 11) is 0. The van der Waals surface area contributed by atoms with Crippen LogP contribution in [0.15, 0.2) is 27.7 Å². The number of benzene rings is 1. The zero-order valence-electron chi connectivity index (χ0n) is 8.28. The van der Waals surface area contributed by atoms with Crippen LogP contribution in [0.25, 0.3) is 10.9 Å². The molecule has 0 amide bonds. The number of halogens is 2. The minimum atomic E-state index is -0.468. The number of fused-ring (bicyclic) bond motifs is 1. The van der Waals surface area contributed by atoms with Crippen LogP contribution in [-0.2, 0) is 0 Å². The van der Waals surface area contributed by atoms with E-state index in [0.29, 0.717) is 9.86 Å². The number of hydrogen-bond acceptors (Lipinski definition) is 2. The average molecular weight is 283 g/mol. The molecule has 0 spiro atoms. The van der Waals surface area contributed by atoms with Crippen molar-refractivity contribution >= 4 is 26.8 Å². The first-order valence-corrected chi connectivity index (χ1v) is 5.82. The van der Waals surface area contributed by atoms with Gasteiger partial charge in [0.25, 0.3) is 5.56 Å². The van der Waals surface area contributed by atoms with Gasteiger partial charge in [0, 0.05) is 10.5 Å². The van der Waals surface area contributed by atoms with E-state index in [-0.39, 0.29) is 17.1 Å². The Hall–Kier alpha value is -1.23. The maximum atomic E-state index is 13.5. The molecule has 3 nitrogen and oxygen atoms in total. The molecule has 0 radical (unpaired) electrons. The van der Waals surface area contributed by atoms with E-state index >= 15 is 0 Å². The van der Waals surface area contributed by atoms with Crippen LogP contribution in [0.5, 0.6) is 0 Å². The Morgan fingerprint density at radius 2 is 2.19 bits per heavy atom. The van der Waals surface area contributed by atoms with Crippen LogP contribution in [0.4, 0.5) is 4.39 Å². The maximum Gasteiger partial charge on any atom is 0.261 e. The highest BCUT2D eigenvalue weighted by molar-refractivity contribution is 9.10. The van der Waals surface area contributed by atoms with Gasteiger partial charge >= 0.3 is 0 Å². The number of aromatic nitrogens is 2. The quantitative estimate of drug-likeness (QED) is 0.806. The van der Waals surface area contributed by atoms with E-state index in [2.05, 4.69) is 20.9 Å². The van der Waals surface area contributed by atoms with E-state index in [1.807, 2.05) is 0 Å². The van der Waals surface area contributed by atoms with Gasteiger partial charge in [-0.25, -0.2) is 9.37 Å². The van der Waals surface area contributed by atoms with E-state index in [0.717, 1.165) is 12.8 Å². The van der Waals surface area contributed by atoms with E-state index in [1.54, 1.807) is 10.6 Å². The van der Waals surface area contributed by atoms with Crippen molar-refractivity contribution in [2.45, 2.75) is 18.9 Å². The third-order valence-electron chi connectivity index (χ3n) is 2.74. The van der Waals surface area contributed by atoms with Crippen LogP contribution >= 0.6 is 15.9 Å². The Morgan fingerprint density at radius 1 is 1.44 bits per heavy atom. The Morgan fingerprint density at radius 3 is 2.88 bits per heavy atom. The molecular weight excluding hydrogens is 275 g/mol. The summed E-state index contributed by atoms with van der Waals surface area (Å²) in [5.74, 6) is -0.468. The SMILES string of the molecule is O=c1c2cc(Br)cc(F)c2ncn1C1CC1. The normalized spacial score (nSPS) is 15.6. The average Bonchev–Trinajstić information content (AvgIpc) is 3.03. The smallest absolute Gasteiger partial charge is 0.261 e. The number of nitrogens with zero attached hydrogens (tertiary/aromatic N) is 2. The molecule has 1 saturated carbocycles. The first-order valence-electron chi connectivity index (χ1n) is 5.03. The molecular formula is C11H8BrFN2O. The predicted octanol–water partition coefficient (Wildman–Crippen LogP) is 2.63. The van der Waals surface area contributed by atoms with E-state index in [4.69, 9.17) is 0 Å². The second-order valence-electron chi connectivity index (χ2n) is 3.97. The van der Waals surface area contributed by atoms with Gasteiger partial charge in [-0.2, -0.15) is 0 Å². The lowest BCUT2D eigenvalue weighted by atomic mass is 10.2. The molecule has 1 aliphatic carbocycles. The van der Waals surface area contributed by atoms with Gasteiger partial charge in [-0.15, -0.1) is 0 Å². The topological polar surface area (TPSA) is 34.9 Å². The summed E-state index contributed by atoms with van der Waals surface area (Å²) in [5, 5.41) is 0.335. The first kappa shape index (κ1) is 9.96. The molecule has 0 N–H and O–H groups in total. The minimum Gasteiger partial charge on any atom is -0.296 e. The number of hydrogen-bond donors (Lipinski definition) is 0. The van der Waals surface area contributed by atoms with Crippen molar-refractivity contribution in [3.63, 3.8) is 0 Å². The van der Waals surface area contributed by atoms with Gasteiger partial charge in [-0.1, -0.05) is 15.9 Å². The van der Waals surface area contributed by atoms with Crippen molar-refractivity contribution in [2.75, 3.05) is 0 Å². The van der Waals surface area contributed by atoms with Crippen LogP contribution in [-0.4, -0.2) is 9.55 Å². The molecule has 1 heterocycles. The zero-order chi connectivity index (χ0) is 11.3. The van der Waals surface area contributed by atoms with E-state index in [1.165, 1.54) is 12.4 Å². The molecule has 1 aromatic heterocycles. The monoisotopic (exact) mass is 282 g/mol. The fourth-order valence-corrected chi connectivity index (χ4v) is 2.21. The third-order valence-corrected chi connectivity index (χ3v) is 3.20. The maximum absolute atomic E-state index is 13.5. The summed E-state index contributed by atoms with van der Waals surface area (Å²) < 4.78 is 15.7. The van der Waals surface area contributed by atoms with Crippen LogP contribution < -0.4 is 5.56 Å². The molecule has 0 aliphatic heterocycles. The van der Waals surface area contributed by atoms with Crippen molar-refractivity contribution < 1.29 is 4.39 Å². The third kappa shape index (κ3) is 1.46. The lowest BCUT2D eigenvalue weighted by Crippen LogP contribution is -2.19. The molecule has 82 valence electrons. The highest BCUT2D eigenvalue weighted by Gasteiger charge is 2.25. The van der Waals surface area contributed by atoms with Crippen molar-refractivity contribution in [1.82, 2.24) is 9.55 Å². The second-order valence-corrected chi connectivity index (χ2v) is 4.89. The van der Waals surface area contributed by atoms with E-state index in [9.17, 15) is 9.18 Å². The molecule has 2 aromatic rings. The van der Waals surface area contributed by atoms with E-state index < -0.39 is 5.82 Å². The van der Waals surface area contributed by atoms with Crippen LogP contribution in [0.3, 0.4) is 0 Å². The molecule has 0 bridgehead atoms. The standard InChI is InChI=1S/C11H8BrFN2O/c12-6-3-8-10(9(13)4-6)14-5-15(11(8)16)7-1-2-7/h3-5,7H,1-2H2. The van der Waals surface area contributed by atoms with Crippen LogP contribution in [0.1, 0.15) is 18.9 Å². The van der Waals surface area contributed by atoms with Crippen LogP contribution in [0, 0.1) is 5.82 Å². The fourth-order valence-electron chi connectivity index (χ4n) is 1.78.